The minimum Gasteiger partial charge on any atom is -0.497 e. The topological polar surface area (TPSA) is 47.3 Å². The van der Waals surface area contributed by atoms with Gasteiger partial charge in [0.2, 0.25) is 0 Å². The van der Waals surface area contributed by atoms with Gasteiger partial charge in [0, 0.05) is 17.4 Å². The van der Waals surface area contributed by atoms with Crippen molar-refractivity contribution in [2.24, 2.45) is 0 Å². The molecule has 0 aromatic heterocycles. The van der Waals surface area contributed by atoms with Gasteiger partial charge in [-0.15, -0.1) is 0 Å². The molecule has 1 aromatic carbocycles. The molecule has 1 fully saturated rings. The molecule has 1 saturated heterocycles. The third kappa shape index (κ3) is 3.00. The maximum absolute atomic E-state index is 5.95. The van der Waals surface area contributed by atoms with Crippen LogP contribution in [0, 0.1) is 0 Å². The molecule has 0 aliphatic carbocycles. The first-order valence-electron chi connectivity index (χ1n) is 5.94. The Morgan fingerprint density at radius 1 is 1.53 bits per heavy atom. The third-order valence-electron chi connectivity index (χ3n) is 3.21. The number of ether oxygens (including phenoxy) is 1. The van der Waals surface area contributed by atoms with Crippen LogP contribution in [0.2, 0.25) is 0 Å². The smallest absolute Gasteiger partial charge is 0.121 e. The van der Waals surface area contributed by atoms with E-state index in [1.54, 1.807) is 7.11 Å². The Hall–Kier alpha value is -1.03. The van der Waals surface area contributed by atoms with Gasteiger partial charge in [-0.05, 0) is 37.7 Å². The van der Waals surface area contributed by atoms with Crippen LogP contribution in [0.4, 0.5) is 11.4 Å². The number of nitrogens with one attached hydrogen (secondary N) is 1. The van der Waals surface area contributed by atoms with E-state index in [0.717, 1.165) is 23.7 Å². The highest BCUT2D eigenvalue weighted by Crippen LogP contribution is 2.38. The number of thioether (sulfide) groups is 1. The monoisotopic (exact) mass is 252 g/mol. The van der Waals surface area contributed by atoms with Crippen molar-refractivity contribution in [2.45, 2.75) is 24.5 Å². The summed E-state index contributed by atoms with van der Waals surface area (Å²) in [6.07, 6.45) is 2.59. The van der Waals surface area contributed by atoms with Gasteiger partial charge in [0.05, 0.1) is 18.5 Å². The van der Waals surface area contributed by atoms with E-state index in [4.69, 9.17) is 10.5 Å². The SMILES string of the molecule is COc1ccc(N)c(NCC2(C)CCCS2)c1. The van der Waals surface area contributed by atoms with Crippen molar-refractivity contribution in [1.29, 1.82) is 0 Å². The predicted octanol–water partition coefficient (Wildman–Crippen LogP) is 2.98. The Morgan fingerprint density at radius 3 is 3.00 bits per heavy atom. The van der Waals surface area contributed by atoms with E-state index >= 15 is 0 Å². The number of anilines is 2. The summed E-state index contributed by atoms with van der Waals surface area (Å²) in [5, 5.41) is 3.44. The number of hydrogen-bond donors (Lipinski definition) is 2. The molecule has 94 valence electrons. The quantitative estimate of drug-likeness (QED) is 0.809. The highest BCUT2D eigenvalue weighted by atomic mass is 32.2. The molecule has 17 heavy (non-hydrogen) atoms. The number of rotatable bonds is 4. The molecule has 1 unspecified atom stereocenters. The van der Waals surface area contributed by atoms with Crippen molar-refractivity contribution in [3.05, 3.63) is 18.2 Å². The Balaban J connectivity index is 2.02. The van der Waals surface area contributed by atoms with E-state index in [1.165, 1.54) is 18.6 Å². The molecular formula is C13H20N2OS. The van der Waals surface area contributed by atoms with Crippen molar-refractivity contribution in [3.63, 3.8) is 0 Å². The second kappa shape index (κ2) is 5.08. The molecule has 0 saturated carbocycles. The van der Waals surface area contributed by atoms with Crippen LogP contribution in [0.5, 0.6) is 5.75 Å². The van der Waals surface area contributed by atoms with E-state index < -0.39 is 0 Å². The predicted molar refractivity (Wildman–Crippen MR) is 76.0 cm³/mol. The maximum Gasteiger partial charge on any atom is 0.121 e. The Bertz CT molecular complexity index is 389. The lowest BCUT2D eigenvalue weighted by Crippen LogP contribution is -2.27. The number of nitrogens with two attached hydrogens (primary N) is 1. The van der Waals surface area contributed by atoms with E-state index in [2.05, 4.69) is 12.2 Å². The molecule has 1 heterocycles. The van der Waals surface area contributed by atoms with Crippen molar-refractivity contribution in [1.82, 2.24) is 0 Å². The van der Waals surface area contributed by atoms with Gasteiger partial charge >= 0.3 is 0 Å². The van der Waals surface area contributed by atoms with Crippen LogP contribution in [0.3, 0.4) is 0 Å². The Labute approximate surface area is 107 Å². The molecular weight excluding hydrogens is 232 g/mol. The molecule has 0 bridgehead atoms. The number of nitrogen functional groups attached to an aromatic ring is 1. The van der Waals surface area contributed by atoms with Gasteiger partial charge in [0.25, 0.3) is 0 Å². The lowest BCUT2D eigenvalue weighted by atomic mass is 10.1. The molecule has 0 radical (unpaired) electrons. The van der Waals surface area contributed by atoms with Crippen molar-refractivity contribution in [3.8, 4) is 5.75 Å². The van der Waals surface area contributed by atoms with Crippen LogP contribution >= 0.6 is 11.8 Å². The zero-order valence-corrected chi connectivity index (χ0v) is 11.3. The fraction of sp³-hybridized carbons (Fsp3) is 0.538. The highest BCUT2D eigenvalue weighted by molar-refractivity contribution is 8.00. The summed E-state index contributed by atoms with van der Waals surface area (Å²) in [6, 6.07) is 5.72. The summed E-state index contributed by atoms with van der Waals surface area (Å²) in [7, 11) is 1.67. The zero-order valence-electron chi connectivity index (χ0n) is 10.5. The lowest BCUT2D eigenvalue weighted by Gasteiger charge is -2.24. The van der Waals surface area contributed by atoms with E-state index in [-0.39, 0.29) is 0 Å². The van der Waals surface area contributed by atoms with E-state index in [9.17, 15) is 0 Å². The second-order valence-electron chi connectivity index (χ2n) is 4.71. The second-order valence-corrected chi connectivity index (χ2v) is 6.39. The molecule has 1 aliphatic heterocycles. The van der Waals surface area contributed by atoms with Crippen molar-refractivity contribution < 1.29 is 4.74 Å². The van der Waals surface area contributed by atoms with Gasteiger partial charge in [0.1, 0.15) is 5.75 Å². The fourth-order valence-electron chi connectivity index (χ4n) is 2.07. The first-order valence-corrected chi connectivity index (χ1v) is 6.93. The summed E-state index contributed by atoms with van der Waals surface area (Å²) in [4.78, 5) is 0. The highest BCUT2D eigenvalue weighted by Gasteiger charge is 2.29. The van der Waals surface area contributed by atoms with Crippen molar-refractivity contribution in [2.75, 3.05) is 30.5 Å². The Kier molecular flexibility index (Phi) is 3.72. The first kappa shape index (κ1) is 12.4. The molecule has 1 atom stereocenters. The number of hydrogen-bond acceptors (Lipinski definition) is 4. The fourth-order valence-corrected chi connectivity index (χ4v) is 3.32. The molecule has 0 spiro atoms. The minimum atomic E-state index is 0.343. The summed E-state index contributed by atoms with van der Waals surface area (Å²) < 4.78 is 5.55. The summed E-state index contributed by atoms with van der Waals surface area (Å²) in [6.45, 7) is 3.27. The summed E-state index contributed by atoms with van der Waals surface area (Å²) in [5.41, 5.74) is 7.69. The number of methoxy groups -OCH3 is 1. The van der Waals surface area contributed by atoms with Crippen molar-refractivity contribution >= 4 is 23.1 Å². The van der Waals surface area contributed by atoms with Gasteiger partial charge in [-0.1, -0.05) is 0 Å². The average Bonchev–Trinajstić information content (AvgIpc) is 2.76. The maximum atomic E-state index is 5.95. The van der Waals surface area contributed by atoms with Gasteiger partial charge < -0.3 is 15.8 Å². The standard InChI is InChI=1S/C13H20N2OS/c1-13(6-3-7-17-13)9-15-12-8-10(16-2)4-5-11(12)14/h4-5,8,15H,3,6-7,9,14H2,1-2H3. The van der Waals surface area contributed by atoms with Crippen LogP contribution in [0.1, 0.15) is 19.8 Å². The molecule has 2 rings (SSSR count). The first-order chi connectivity index (χ1) is 8.13. The van der Waals surface area contributed by atoms with E-state index in [1.807, 2.05) is 30.0 Å². The average molecular weight is 252 g/mol. The minimum absolute atomic E-state index is 0.343. The van der Waals surface area contributed by atoms with Crippen LogP contribution in [-0.4, -0.2) is 24.2 Å². The summed E-state index contributed by atoms with van der Waals surface area (Å²) >= 11 is 2.05. The van der Waals surface area contributed by atoms with Gasteiger partial charge in [-0.3, -0.25) is 0 Å². The molecule has 4 heteroatoms. The van der Waals surface area contributed by atoms with E-state index in [0.29, 0.717) is 4.75 Å². The third-order valence-corrected chi connectivity index (χ3v) is 4.75. The molecule has 0 amide bonds. The van der Waals surface area contributed by atoms with Crippen LogP contribution < -0.4 is 15.8 Å². The van der Waals surface area contributed by atoms with Crippen LogP contribution in [0.15, 0.2) is 18.2 Å². The van der Waals surface area contributed by atoms with Crippen LogP contribution in [-0.2, 0) is 0 Å². The zero-order chi connectivity index (χ0) is 12.3. The lowest BCUT2D eigenvalue weighted by molar-refractivity contribution is 0.415. The van der Waals surface area contributed by atoms with Gasteiger partial charge in [-0.25, -0.2) is 0 Å². The van der Waals surface area contributed by atoms with Gasteiger partial charge in [-0.2, -0.15) is 11.8 Å². The molecule has 1 aromatic rings. The normalized spacial score (nSPS) is 23.6. The van der Waals surface area contributed by atoms with Gasteiger partial charge in [0.15, 0.2) is 0 Å². The Morgan fingerprint density at radius 2 is 2.35 bits per heavy atom. The summed E-state index contributed by atoms with van der Waals surface area (Å²) in [5.74, 6) is 2.11. The molecule has 3 N–H and O–H groups in total. The molecule has 3 nitrogen and oxygen atoms in total. The van der Waals surface area contributed by atoms with Crippen LogP contribution in [0.25, 0.3) is 0 Å². The number of benzene rings is 1. The molecule has 1 aliphatic rings. The largest absolute Gasteiger partial charge is 0.497 e.